The number of furan rings is 1. The monoisotopic (exact) mass is 518 g/mol. The number of aryl methyl sites for hydroxylation is 1. The number of amides is 1. The Hall–Kier alpha value is -2.30. The van der Waals surface area contributed by atoms with Crippen LogP contribution >= 0.6 is 24.0 Å². The van der Waals surface area contributed by atoms with Crippen LogP contribution in [0.3, 0.4) is 0 Å². The first-order valence-corrected chi connectivity index (χ1v) is 9.18. The second-order valence-corrected chi connectivity index (χ2v) is 6.31. The highest BCUT2D eigenvalue weighted by Crippen LogP contribution is 2.13. The van der Waals surface area contributed by atoms with E-state index in [0.717, 1.165) is 12.0 Å². The number of carbonyl (C=O) groups is 1. The van der Waals surface area contributed by atoms with Crippen LogP contribution in [0.1, 0.15) is 29.5 Å². The summed E-state index contributed by atoms with van der Waals surface area (Å²) in [6, 6.07) is 7.80. The van der Waals surface area contributed by atoms with Crippen molar-refractivity contribution in [2.45, 2.75) is 26.4 Å². The molecule has 0 aliphatic carbocycles. The van der Waals surface area contributed by atoms with E-state index in [4.69, 9.17) is 9.15 Å². The number of carbonyl (C=O) groups excluding carboxylic acids is 1. The van der Waals surface area contributed by atoms with E-state index in [1.807, 2.05) is 13.8 Å². The van der Waals surface area contributed by atoms with Gasteiger partial charge in [0.15, 0.2) is 11.7 Å². The van der Waals surface area contributed by atoms with Crippen LogP contribution in [0.25, 0.3) is 0 Å². The molecular weight excluding hydrogens is 490 g/mol. The molecule has 1 unspecified atom stereocenters. The first kappa shape index (κ1) is 24.7. The van der Waals surface area contributed by atoms with E-state index in [1.54, 1.807) is 25.2 Å². The van der Waals surface area contributed by atoms with E-state index < -0.39 is 0 Å². The quantitative estimate of drug-likeness (QED) is 0.206. The second-order valence-electron chi connectivity index (χ2n) is 6.31. The fraction of sp³-hybridized carbons (Fsp3) is 0.400. The van der Waals surface area contributed by atoms with E-state index in [9.17, 15) is 9.18 Å². The molecule has 1 aromatic heterocycles. The van der Waals surface area contributed by atoms with Gasteiger partial charge in [-0.2, -0.15) is 0 Å². The Kier molecular flexibility index (Phi) is 11.1. The third-order valence-electron chi connectivity index (χ3n) is 3.91. The normalized spacial score (nSPS) is 11.9. The first-order chi connectivity index (χ1) is 13.5. The molecule has 0 spiro atoms. The zero-order chi connectivity index (χ0) is 20.4. The molecule has 7 nitrogen and oxygen atoms in total. The topological polar surface area (TPSA) is 87.9 Å². The maximum atomic E-state index is 13.2. The Morgan fingerprint density at radius 3 is 2.66 bits per heavy atom. The zero-order valence-corrected chi connectivity index (χ0v) is 19.2. The number of halogens is 2. The third-order valence-corrected chi connectivity index (χ3v) is 3.91. The predicted molar refractivity (Wildman–Crippen MR) is 122 cm³/mol. The zero-order valence-electron chi connectivity index (χ0n) is 16.8. The van der Waals surface area contributed by atoms with Gasteiger partial charge < -0.3 is 25.1 Å². The summed E-state index contributed by atoms with van der Waals surface area (Å²) in [6.07, 6.45) is 2.05. The molecule has 1 amide bonds. The molecule has 0 aliphatic rings. The molecule has 1 aromatic carbocycles. The molecule has 160 valence electrons. The van der Waals surface area contributed by atoms with E-state index in [0.29, 0.717) is 37.1 Å². The molecule has 29 heavy (non-hydrogen) atoms. The van der Waals surface area contributed by atoms with Crippen molar-refractivity contribution in [1.82, 2.24) is 16.0 Å². The van der Waals surface area contributed by atoms with Crippen molar-refractivity contribution in [2.75, 3.05) is 26.7 Å². The summed E-state index contributed by atoms with van der Waals surface area (Å²) in [5.41, 5.74) is 0.815. The Labute approximate surface area is 187 Å². The highest BCUT2D eigenvalue weighted by molar-refractivity contribution is 14.0. The van der Waals surface area contributed by atoms with Crippen LogP contribution in [-0.2, 0) is 0 Å². The summed E-state index contributed by atoms with van der Waals surface area (Å²) in [6.45, 7) is 5.37. The summed E-state index contributed by atoms with van der Waals surface area (Å²) in [5, 5.41) is 9.13. The average molecular weight is 518 g/mol. The van der Waals surface area contributed by atoms with Gasteiger partial charge in [0, 0.05) is 31.8 Å². The lowest BCUT2D eigenvalue weighted by Crippen LogP contribution is -2.42. The number of rotatable bonds is 9. The summed E-state index contributed by atoms with van der Waals surface area (Å²) in [4.78, 5) is 16.1. The van der Waals surface area contributed by atoms with Crippen LogP contribution in [0.2, 0.25) is 0 Å². The van der Waals surface area contributed by atoms with Gasteiger partial charge in [0.25, 0.3) is 5.91 Å². The number of ether oxygens (including phenoxy) is 1. The Balaban J connectivity index is 0.00000420. The molecule has 9 heteroatoms. The van der Waals surface area contributed by atoms with Gasteiger partial charge in [0.1, 0.15) is 17.7 Å². The van der Waals surface area contributed by atoms with Crippen molar-refractivity contribution >= 4 is 35.8 Å². The van der Waals surface area contributed by atoms with Crippen molar-refractivity contribution in [3.63, 3.8) is 0 Å². The molecule has 1 heterocycles. The number of aliphatic imine (C=N–C) groups is 1. The SMILES string of the molecule is CN=C(NCCCNC(=O)c1occc1C)NCC(C)Oc1cccc(F)c1.I. The van der Waals surface area contributed by atoms with Crippen LogP contribution < -0.4 is 20.7 Å². The van der Waals surface area contributed by atoms with Gasteiger partial charge in [-0.1, -0.05) is 6.07 Å². The fourth-order valence-corrected chi connectivity index (χ4v) is 2.46. The summed E-state index contributed by atoms with van der Waals surface area (Å²) in [7, 11) is 1.68. The van der Waals surface area contributed by atoms with Gasteiger partial charge in [-0.15, -0.1) is 24.0 Å². The second kappa shape index (κ2) is 13.0. The standard InChI is InChI=1S/C20H27FN4O3.HI/c1-14-8-11-27-18(14)19(26)23-9-5-10-24-20(22-3)25-13-15(2)28-17-7-4-6-16(21)12-17;/h4,6-8,11-12,15H,5,9-10,13H2,1-3H3,(H,23,26)(H2,22,24,25);1H. The lowest BCUT2D eigenvalue weighted by molar-refractivity contribution is 0.0925. The Morgan fingerprint density at radius 1 is 1.24 bits per heavy atom. The lowest BCUT2D eigenvalue weighted by Gasteiger charge is -2.17. The molecule has 0 radical (unpaired) electrons. The molecular formula is C20H28FIN4O3. The van der Waals surface area contributed by atoms with E-state index in [-0.39, 0.29) is 41.8 Å². The summed E-state index contributed by atoms with van der Waals surface area (Å²) in [5.74, 6) is 0.915. The molecule has 0 bridgehead atoms. The number of guanidine groups is 1. The molecule has 3 N–H and O–H groups in total. The van der Waals surface area contributed by atoms with E-state index in [1.165, 1.54) is 18.4 Å². The lowest BCUT2D eigenvalue weighted by atomic mass is 10.2. The van der Waals surface area contributed by atoms with Crippen molar-refractivity contribution in [2.24, 2.45) is 4.99 Å². The molecule has 2 aromatic rings. The van der Waals surface area contributed by atoms with Gasteiger partial charge >= 0.3 is 0 Å². The summed E-state index contributed by atoms with van der Waals surface area (Å²) >= 11 is 0. The first-order valence-electron chi connectivity index (χ1n) is 9.18. The number of hydrogen-bond acceptors (Lipinski definition) is 4. The highest BCUT2D eigenvalue weighted by atomic mass is 127. The van der Waals surface area contributed by atoms with Crippen LogP contribution in [0.5, 0.6) is 5.75 Å². The minimum atomic E-state index is -0.329. The number of nitrogens with one attached hydrogen (secondary N) is 3. The van der Waals surface area contributed by atoms with E-state index in [2.05, 4.69) is 20.9 Å². The summed E-state index contributed by atoms with van der Waals surface area (Å²) < 4.78 is 24.0. The van der Waals surface area contributed by atoms with Crippen molar-refractivity contribution in [3.8, 4) is 5.75 Å². The number of benzene rings is 1. The predicted octanol–water partition coefficient (Wildman–Crippen LogP) is 3.10. The van der Waals surface area contributed by atoms with Crippen LogP contribution in [-0.4, -0.2) is 44.7 Å². The van der Waals surface area contributed by atoms with Crippen molar-refractivity contribution in [3.05, 3.63) is 53.7 Å². The average Bonchev–Trinajstić information content (AvgIpc) is 3.10. The van der Waals surface area contributed by atoms with Crippen LogP contribution in [0.4, 0.5) is 4.39 Å². The van der Waals surface area contributed by atoms with Crippen LogP contribution in [0, 0.1) is 12.7 Å². The Bertz CT molecular complexity index is 798. The minimum absolute atomic E-state index is 0. The van der Waals surface area contributed by atoms with Crippen molar-refractivity contribution in [1.29, 1.82) is 0 Å². The van der Waals surface area contributed by atoms with Gasteiger partial charge in [-0.3, -0.25) is 9.79 Å². The highest BCUT2D eigenvalue weighted by Gasteiger charge is 2.11. The molecule has 1 atom stereocenters. The molecule has 0 saturated carbocycles. The molecule has 0 fully saturated rings. The van der Waals surface area contributed by atoms with E-state index >= 15 is 0 Å². The maximum Gasteiger partial charge on any atom is 0.287 e. The minimum Gasteiger partial charge on any atom is -0.489 e. The third kappa shape index (κ3) is 8.71. The van der Waals surface area contributed by atoms with Gasteiger partial charge in [0.05, 0.1) is 12.8 Å². The van der Waals surface area contributed by atoms with Gasteiger partial charge in [0.2, 0.25) is 0 Å². The smallest absolute Gasteiger partial charge is 0.287 e. The number of nitrogens with zero attached hydrogens (tertiary/aromatic N) is 1. The molecule has 2 rings (SSSR count). The van der Waals surface area contributed by atoms with Crippen molar-refractivity contribution < 1.29 is 18.3 Å². The Morgan fingerprint density at radius 2 is 2.00 bits per heavy atom. The number of hydrogen-bond donors (Lipinski definition) is 3. The largest absolute Gasteiger partial charge is 0.489 e. The maximum absolute atomic E-state index is 13.2. The van der Waals surface area contributed by atoms with Gasteiger partial charge in [-0.25, -0.2) is 4.39 Å². The fourth-order valence-electron chi connectivity index (χ4n) is 2.46. The van der Waals surface area contributed by atoms with Crippen LogP contribution in [0.15, 0.2) is 46.0 Å². The van der Waals surface area contributed by atoms with Gasteiger partial charge in [-0.05, 0) is 38.5 Å². The molecule has 0 aliphatic heterocycles. The molecule has 0 saturated heterocycles.